The lowest BCUT2D eigenvalue weighted by molar-refractivity contribution is 0.672. The van der Waals surface area contributed by atoms with Crippen LogP contribution in [-0.4, -0.2) is 0 Å². The Labute approximate surface area is 361 Å². The van der Waals surface area contributed by atoms with Crippen LogP contribution in [0.25, 0.3) is 150 Å². The van der Waals surface area contributed by atoms with Gasteiger partial charge in [-0.1, -0.05) is 97.1 Å². The highest BCUT2D eigenvalue weighted by Crippen LogP contribution is 2.48. The third-order valence-electron chi connectivity index (χ3n) is 13.4. The number of hydrogen-bond acceptors (Lipinski definition) is 4. The first kappa shape index (κ1) is 33.2. The van der Waals surface area contributed by atoms with Crippen LogP contribution in [0.3, 0.4) is 0 Å². The van der Waals surface area contributed by atoms with Crippen LogP contribution in [0.4, 0.5) is 0 Å². The lowest BCUT2D eigenvalue weighted by Crippen LogP contribution is -1.89. The Balaban J connectivity index is 1.10. The lowest BCUT2D eigenvalue weighted by Gasteiger charge is -2.16. The Bertz CT molecular complexity index is 4170. The summed E-state index contributed by atoms with van der Waals surface area (Å²) < 4.78 is 19.0. The fourth-order valence-electron chi connectivity index (χ4n) is 10.6. The maximum atomic E-state index is 6.90. The minimum atomic E-state index is 0.900. The fraction of sp³-hybridized carbons (Fsp3) is 0. The van der Waals surface area contributed by atoms with E-state index in [9.17, 15) is 0 Å². The van der Waals surface area contributed by atoms with Crippen molar-refractivity contribution in [3.8, 4) is 22.3 Å². The van der Waals surface area contributed by atoms with E-state index in [2.05, 4.69) is 182 Å². The van der Waals surface area contributed by atoms with Crippen LogP contribution in [0.1, 0.15) is 0 Å². The molecular formula is C58H30O2S2. The van der Waals surface area contributed by atoms with E-state index < -0.39 is 0 Å². The standard InChI is InChI=1S/C58H30O2S2/c1-5-13-49-35(9-1)41-21-19-39-43(31-17-23-53-47(25-31)37-11-3-7-15-51(37)61-53)27-33-30-46-34(29-45(33)55(39)57(41)59-49)28-44(32-18-24-54-48(26-32)38-12-4-8-16-52(38)62-54)40-20-22-42-36-10-2-6-14-50(36)60-58(42)56(40)46/h1-30H. The van der Waals surface area contributed by atoms with Gasteiger partial charge in [0.05, 0.1) is 0 Å². The van der Waals surface area contributed by atoms with Crippen LogP contribution in [0.2, 0.25) is 0 Å². The van der Waals surface area contributed by atoms with Crippen molar-refractivity contribution in [3.63, 3.8) is 0 Å². The van der Waals surface area contributed by atoms with Gasteiger partial charge < -0.3 is 8.83 Å². The first-order chi connectivity index (χ1) is 30.7. The molecule has 4 aromatic heterocycles. The molecule has 4 heteroatoms. The normalized spacial score (nSPS) is 12.5. The third-order valence-corrected chi connectivity index (χ3v) is 15.7. The fourth-order valence-corrected chi connectivity index (χ4v) is 12.8. The van der Waals surface area contributed by atoms with Crippen LogP contribution in [-0.2, 0) is 0 Å². The van der Waals surface area contributed by atoms with Gasteiger partial charge in [-0.15, -0.1) is 22.7 Å². The van der Waals surface area contributed by atoms with Crippen molar-refractivity contribution >= 4 is 150 Å². The van der Waals surface area contributed by atoms with E-state index in [0.29, 0.717) is 0 Å². The van der Waals surface area contributed by atoms with Crippen molar-refractivity contribution in [2.75, 3.05) is 0 Å². The summed E-state index contributed by atoms with van der Waals surface area (Å²) in [5, 5.41) is 19.0. The van der Waals surface area contributed by atoms with Crippen molar-refractivity contribution in [1.29, 1.82) is 0 Å². The van der Waals surface area contributed by atoms with Gasteiger partial charge in [-0.3, -0.25) is 0 Å². The minimum Gasteiger partial charge on any atom is -0.455 e. The number of hydrogen-bond donors (Lipinski definition) is 0. The summed E-state index contributed by atoms with van der Waals surface area (Å²) in [7, 11) is 0. The average Bonchev–Trinajstić information content (AvgIpc) is 4.10. The Hall–Kier alpha value is -7.50. The maximum absolute atomic E-state index is 6.90. The molecule has 0 amide bonds. The van der Waals surface area contributed by atoms with Crippen molar-refractivity contribution < 1.29 is 8.83 Å². The Morgan fingerprint density at radius 3 is 1.16 bits per heavy atom. The van der Waals surface area contributed by atoms with Gasteiger partial charge in [-0.2, -0.15) is 0 Å². The summed E-state index contributed by atoms with van der Waals surface area (Å²) in [6, 6.07) is 67.2. The SMILES string of the molecule is c1ccc2c(c1)oc1c2ccc2c(-c3ccc4sc5ccccc5c4c3)cc3cc4c(cc(-c5ccc6sc7ccccc7c6c5)c5ccc6c7ccccc7oc6c54)cc3c21. The summed E-state index contributed by atoms with van der Waals surface area (Å²) in [4.78, 5) is 0. The first-order valence-corrected chi connectivity index (χ1v) is 22.7. The summed E-state index contributed by atoms with van der Waals surface area (Å²) in [5.41, 5.74) is 8.42. The molecular weight excluding hydrogens is 793 g/mol. The number of fused-ring (bicyclic) bond motifs is 20. The molecule has 11 aromatic carbocycles. The number of furan rings is 2. The van der Waals surface area contributed by atoms with E-state index in [1.165, 1.54) is 84.1 Å². The van der Waals surface area contributed by atoms with Crippen molar-refractivity contribution in [1.82, 2.24) is 0 Å². The van der Waals surface area contributed by atoms with E-state index in [1.54, 1.807) is 0 Å². The van der Waals surface area contributed by atoms with Crippen molar-refractivity contribution in [2.45, 2.75) is 0 Å². The van der Waals surface area contributed by atoms with Gasteiger partial charge >= 0.3 is 0 Å². The van der Waals surface area contributed by atoms with Crippen LogP contribution in [0.5, 0.6) is 0 Å². The molecule has 0 aliphatic carbocycles. The number of rotatable bonds is 2. The number of para-hydroxylation sites is 2. The first-order valence-electron chi connectivity index (χ1n) is 21.0. The molecule has 286 valence electrons. The number of thiophene rings is 2. The molecule has 62 heavy (non-hydrogen) atoms. The van der Waals surface area contributed by atoms with E-state index in [4.69, 9.17) is 8.83 Å². The monoisotopic (exact) mass is 822 g/mol. The molecule has 0 radical (unpaired) electrons. The summed E-state index contributed by atoms with van der Waals surface area (Å²) in [6.45, 7) is 0. The summed E-state index contributed by atoms with van der Waals surface area (Å²) >= 11 is 3.72. The molecule has 2 nitrogen and oxygen atoms in total. The topological polar surface area (TPSA) is 26.3 Å². The minimum absolute atomic E-state index is 0.900. The smallest absolute Gasteiger partial charge is 0.143 e. The third kappa shape index (κ3) is 4.47. The number of benzene rings is 11. The van der Waals surface area contributed by atoms with E-state index in [0.717, 1.165) is 65.4 Å². The predicted octanol–water partition coefficient (Wildman–Crippen LogP) is 18.2. The molecule has 0 aliphatic heterocycles. The van der Waals surface area contributed by atoms with Crippen molar-refractivity contribution in [3.05, 3.63) is 182 Å². The highest BCUT2D eigenvalue weighted by atomic mass is 32.1. The van der Waals surface area contributed by atoms with Crippen LogP contribution < -0.4 is 0 Å². The Kier molecular flexibility index (Phi) is 6.48. The largest absolute Gasteiger partial charge is 0.455 e. The zero-order valence-electron chi connectivity index (χ0n) is 33.0. The lowest BCUT2D eigenvalue weighted by atomic mass is 9.87. The van der Waals surface area contributed by atoms with Gasteiger partial charge in [0.2, 0.25) is 0 Å². The second-order valence-electron chi connectivity index (χ2n) is 16.7. The molecule has 0 fully saturated rings. The van der Waals surface area contributed by atoms with E-state index in [1.807, 2.05) is 22.7 Å². The molecule has 0 bridgehead atoms. The van der Waals surface area contributed by atoms with E-state index in [-0.39, 0.29) is 0 Å². The van der Waals surface area contributed by atoms with E-state index >= 15 is 0 Å². The van der Waals surface area contributed by atoms with Gasteiger partial charge in [-0.25, -0.2) is 0 Å². The van der Waals surface area contributed by atoms with Gasteiger partial charge in [0, 0.05) is 72.7 Å². The van der Waals surface area contributed by atoms with Crippen LogP contribution in [0, 0.1) is 0 Å². The molecule has 0 spiro atoms. The second-order valence-corrected chi connectivity index (χ2v) is 18.9. The van der Waals surface area contributed by atoms with Gasteiger partial charge in [0.1, 0.15) is 22.3 Å². The van der Waals surface area contributed by atoms with Gasteiger partial charge in [0.25, 0.3) is 0 Å². The van der Waals surface area contributed by atoms with Gasteiger partial charge in [0.15, 0.2) is 0 Å². The molecule has 4 heterocycles. The molecule has 0 atom stereocenters. The molecule has 0 saturated carbocycles. The Morgan fingerprint density at radius 1 is 0.274 bits per heavy atom. The zero-order chi connectivity index (χ0) is 40.2. The second kappa shape index (κ2) is 12.1. The Morgan fingerprint density at radius 2 is 0.677 bits per heavy atom. The molecule has 0 aliphatic rings. The maximum Gasteiger partial charge on any atom is 0.143 e. The summed E-state index contributed by atoms with van der Waals surface area (Å²) in [5.74, 6) is 0. The van der Waals surface area contributed by atoms with Crippen molar-refractivity contribution in [2.24, 2.45) is 0 Å². The van der Waals surface area contributed by atoms with Crippen LogP contribution >= 0.6 is 22.7 Å². The molecule has 0 unspecified atom stereocenters. The predicted molar refractivity (Wildman–Crippen MR) is 268 cm³/mol. The molecule has 0 N–H and O–H groups in total. The highest BCUT2D eigenvalue weighted by molar-refractivity contribution is 7.26. The van der Waals surface area contributed by atoms with Gasteiger partial charge in [-0.05, 0) is 140 Å². The zero-order valence-corrected chi connectivity index (χ0v) is 34.6. The quantitative estimate of drug-likeness (QED) is 0.128. The molecule has 15 rings (SSSR count). The van der Waals surface area contributed by atoms with Crippen LogP contribution in [0.15, 0.2) is 191 Å². The molecule has 0 saturated heterocycles. The molecule has 15 aromatic rings. The highest BCUT2D eigenvalue weighted by Gasteiger charge is 2.21. The summed E-state index contributed by atoms with van der Waals surface area (Å²) in [6.07, 6.45) is 0. The average molecular weight is 823 g/mol.